The lowest BCUT2D eigenvalue weighted by molar-refractivity contribution is -0.769. The second-order valence-electron chi connectivity index (χ2n) is 10.2. The van der Waals surface area contributed by atoms with Crippen LogP contribution in [0.2, 0.25) is 0 Å². The van der Waals surface area contributed by atoms with E-state index in [0.717, 1.165) is 10.6 Å². The van der Waals surface area contributed by atoms with Gasteiger partial charge in [0, 0.05) is 24.6 Å². The smallest absolute Gasteiger partial charge is 0.308 e. The predicted molar refractivity (Wildman–Crippen MR) is 160 cm³/mol. The van der Waals surface area contributed by atoms with Crippen molar-refractivity contribution in [3.8, 4) is 11.3 Å². The van der Waals surface area contributed by atoms with Crippen LogP contribution in [0.3, 0.4) is 0 Å². The van der Waals surface area contributed by atoms with E-state index >= 15 is 0 Å². The van der Waals surface area contributed by atoms with Crippen molar-refractivity contribution in [2.75, 3.05) is 44.0 Å². The third-order valence-electron chi connectivity index (χ3n) is 6.15. The number of aliphatic hydroxyl groups is 2. The number of ether oxygens (including phenoxy) is 2. The van der Waals surface area contributed by atoms with Gasteiger partial charge >= 0.3 is 5.97 Å². The molecule has 0 amide bonds. The van der Waals surface area contributed by atoms with Crippen molar-refractivity contribution in [2.45, 2.75) is 50.9 Å². The summed E-state index contributed by atoms with van der Waals surface area (Å²) < 4.78 is 49.0. The number of carbonyl (C=O) groups is 1. The van der Waals surface area contributed by atoms with Gasteiger partial charge in [-0.3, -0.25) is 4.79 Å². The van der Waals surface area contributed by atoms with Crippen molar-refractivity contribution in [2.24, 2.45) is 5.34 Å². The van der Waals surface area contributed by atoms with Gasteiger partial charge in [-0.05, 0) is 30.2 Å². The van der Waals surface area contributed by atoms with Crippen molar-refractivity contribution in [1.29, 1.82) is 0 Å². The van der Waals surface area contributed by atoms with Crippen molar-refractivity contribution in [3.05, 3.63) is 62.4 Å². The van der Waals surface area contributed by atoms with Crippen LogP contribution in [0.15, 0.2) is 35.7 Å². The number of esters is 1. The molecule has 1 heterocycles. The molecule has 2 aromatic rings. The van der Waals surface area contributed by atoms with Crippen LogP contribution in [0.1, 0.15) is 43.9 Å². The molecule has 3 atom stereocenters. The van der Waals surface area contributed by atoms with Gasteiger partial charge in [-0.25, -0.2) is 27.1 Å². The van der Waals surface area contributed by atoms with Crippen LogP contribution >= 0.6 is 0 Å². The number of aliphatic hydroxyl groups excluding tert-OH is 2. The van der Waals surface area contributed by atoms with Crippen molar-refractivity contribution >= 4 is 28.0 Å². The van der Waals surface area contributed by atoms with Crippen LogP contribution in [0, 0.1) is 20.8 Å². The van der Waals surface area contributed by atoms with Gasteiger partial charge in [0.05, 0.1) is 49.5 Å². The van der Waals surface area contributed by atoms with Gasteiger partial charge in [-0.2, -0.15) is 0 Å². The van der Waals surface area contributed by atoms with E-state index in [1.807, 2.05) is 13.8 Å². The Morgan fingerprint density at radius 1 is 1.17 bits per heavy atom. The fraction of sp³-hybridized carbons (Fsp3) is 0.519. The average molecular weight is 674 g/mol. The maximum Gasteiger partial charge on any atom is 0.308 e. The SMILES string of the molecule is CC(C)c1nc(N(C)S(C)(=O)=O)nc(-c2ccc(F)cc2)c1/C=C/C(O)CC(O)CC(=O)OCCOCC(CON=O)O[N+](=O)[O-]. The quantitative estimate of drug-likeness (QED) is 0.0675. The number of carbonyl (C=O) groups excluding carboxylic acids is 1. The molecule has 19 heteroatoms. The van der Waals surface area contributed by atoms with E-state index in [0.29, 0.717) is 16.8 Å². The summed E-state index contributed by atoms with van der Waals surface area (Å²) in [5.74, 6) is -1.63. The van der Waals surface area contributed by atoms with Crippen LogP contribution in [0.5, 0.6) is 0 Å². The van der Waals surface area contributed by atoms with Gasteiger partial charge in [0.1, 0.15) is 19.0 Å². The first-order chi connectivity index (χ1) is 21.6. The topological polar surface area (TPSA) is 230 Å². The molecule has 2 rings (SSSR count). The molecule has 0 spiro atoms. The zero-order valence-corrected chi connectivity index (χ0v) is 26.3. The number of benzene rings is 1. The second kappa shape index (κ2) is 18.0. The van der Waals surface area contributed by atoms with E-state index in [9.17, 15) is 42.8 Å². The lowest BCUT2D eigenvalue weighted by Gasteiger charge is -2.20. The van der Waals surface area contributed by atoms with E-state index < -0.39 is 58.2 Å². The van der Waals surface area contributed by atoms with Gasteiger partial charge in [-0.1, -0.05) is 26.0 Å². The number of sulfonamides is 1. The van der Waals surface area contributed by atoms with E-state index in [2.05, 4.69) is 25.0 Å². The summed E-state index contributed by atoms with van der Waals surface area (Å²) in [7, 11) is -2.41. The molecule has 0 aliphatic rings. The Balaban J connectivity index is 2.08. The van der Waals surface area contributed by atoms with E-state index in [4.69, 9.17) is 9.47 Å². The third-order valence-corrected chi connectivity index (χ3v) is 7.31. The molecule has 0 aliphatic carbocycles. The standard InChI is InChI=1S/C27H36FN5O12S/c1-17(2)25-23(26(18-5-7-19(28)8-6-18)30-27(29-25)32(3)46(4,40)41)10-9-20(34)13-21(35)14-24(36)43-12-11-42-15-22(16-44-31-37)45-33(38)39/h5-10,17,20-22,34-35H,11-16H2,1-4H3/b10-9+. The first-order valence-corrected chi connectivity index (χ1v) is 15.6. The summed E-state index contributed by atoms with van der Waals surface area (Å²) in [4.78, 5) is 49.8. The van der Waals surface area contributed by atoms with Gasteiger partial charge < -0.3 is 29.4 Å². The van der Waals surface area contributed by atoms with Crippen LogP contribution in [0.25, 0.3) is 17.3 Å². The van der Waals surface area contributed by atoms with E-state index in [1.54, 1.807) is 0 Å². The summed E-state index contributed by atoms with van der Waals surface area (Å²) in [6.45, 7) is 2.31. The minimum Gasteiger partial charge on any atom is -0.463 e. The third kappa shape index (κ3) is 12.6. The van der Waals surface area contributed by atoms with Crippen molar-refractivity contribution in [1.82, 2.24) is 9.97 Å². The molecule has 0 bridgehead atoms. The summed E-state index contributed by atoms with van der Waals surface area (Å²) >= 11 is 0. The fourth-order valence-electron chi connectivity index (χ4n) is 3.87. The molecular weight excluding hydrogens is 637 g/mol. The fourth-order valence-corrected chi connectivity index (χ4v) is 4.25. The number of rotatable bonds is 20. The zero-order valence-electron chi connectivity index (χ0n) is 25.5. The van der Waals surface area contributed by atoms with Crippen molar-refractivity contribution in [3.63, 3.8) is 0 Å². The molecule has 3 unspecified atom stereocenters. The van der Waals surface area contributed by atoms with Gasteiger partial charge in [0.15, 0.2) is 11.4 Å². The monoisotopic (exact) mass is 673 g/mol. The molecule has 2 N–H and O–H groups in total. The number of hydrogen-bond donors (Lipinski definition) is 2. The molecule has 0 saturated heterocycles. The van der Waals surface area contributed by atoms with Gasteiger partial charge in [0.25, 0.3) is 5.09 Å². The van der Waals surface area contributed by atoms with E-state index in [1.165, 1.54) is 43.5 Å². The Morgan fingerprint density at radius 3 is 2.43 bits per heavy atom. The highest BCUT2D eigenvalue weighted by molar-refractivity contribution is 7.92. The molecular formula is C27H36FN5O12S. The lowest BCUT2D eigenvalue weighted by atomic mass is 9.97. The molecule has 254 valence electrons. The molecule has 0 radical (unpaired) electrons. The molecule has 0 aliphatic heterocycles. The highest BCUT2D eigenvalue weighted by atomic mass is 32.2. The van der Waals surface area contributed by atoms with Crippen LogP contribution in [-0.4, -0.2) is 97.7 Å². The Hall–Kier alpha value is -4.33. The summed E-state index contributed by atoms with van der Waals surface area (Å²) in [6.07, 6.45) is -0.640. The number of aromatic nitrogens is 2. The zero-order chi connectivity index (χ0) is 34.4. The molecule has 1 aromatic carbocycles. The van der Waals surface area contributed by atoms with Gasteiger partial charge in [-0.15, -0.1) is 15.0 Å². The predicted octanol–water partition coefficient (Wildman–Crippen LogP) is 2.15. The van der Waals surface area contributed by atoms with Crippen LogP contribution in [0.4, 0.5) is 10.3 Å². The minimum absolute atomic E-state index is 0.100. The highest BCUT2D eigenvalue weighted by Crippen LogP contribution is 2.31. The molecule has 46 heavy (non-hydrogen) atoms. The first-order valence-electron chi connectivity index (χ1n) is 13.8. The normalized spacial score (nSPS) is 13.7. The Morgan fingerprint density at radius 2 is 1.85 bits per heavy atom. The van der Waals surface area contributed by atoms with Crippen molar-refractivity contribution < 1.29 is 52.1 Å². The molecule has 1 aromatic heterocycles. The number of hydrogen-bond acceptors (Lipinski definition) is 15. The largest absolute Gasteiger partial charge is 0.463 e. The number of nitrogens with zero attached hydrogens (tertiary/aromatic N) is 5. The Labute approximate surface area is 264 Å². The number of halogens is 1. The van der Waals surface area contributed by atoms with Crippen LogP contribution in [-0.2, 0) is 34.0 Å². The summed E-state index contributed by atoms with van der Waals surface area (Å²) in [5.41, 5.74) is 1.61. The van der Waals surface area contributed by atoms with E-state index in [-0.39, 0.29) is 43.8 Å². The number of anilines is 1. The Bertz CT molecular complexity index is 1460. The Kier molecular flexibility index (Phi) is 14.8. The summed E-state index contributed by atoms with van der Waals surface area (Å²) in [6, 6.07) is 5.39. The average Bonchev–Trinajstić information content (AvgIpc) is 2.97. The maximum absolute atomic E-state index is 13.7. The summed E-state index contributed by atoms with van der Waals surface area (Å²) in [5, 5.41) is 32.4. The van der Waals surface area contributed by atoms with Crippen LogP contribution < -0.4 is 4.31 Å². The van der Waals surface area contributed by atoms with Gasteiger partial charge in [0.2, 0.25) is 16.0 Å². The highest BCUT2D eigenvalue weighted by Gasteiger charge is 2.23. The molecule has 0 fully saturated rings. The lowest BCUT2D eigenvalue weighted by Crippen LogP contribution is -2.28. The molecule has 0 saturated carbocycles. The first kappa shape index (κ1) is 37.9. The minimum atomic E-state index is -3.71. The second-order valence-corrected chi connectivity index (χ2v) is 12.2. The maximum atomic E-state index is 13.7. The molecule has 17 nitrogen and oxygen atoms in total.